The molecule has 0 saturated carbocycles. The number of fused-ring (bicyclic) bond motifs is 1. The molecule has 0 aromatic carbocycles. The summed E-state index contributed by atoms with van der Waals surface area (Å²) in [4.78, 5) is 22.6. The monoisotopic (exact) mass is 261 g/mol. The Morgan fingerprint density at radius 1 is 1.15 bits per heavy atom. The maximum absolute atomic E-state index is 11.2. The SMILES string of the molecule is CC(=O)c1ccc(C#Cc2ccnc3[nH]ccc23)nc1. The molecule has 0 atom stereocenters. The average molecular weight is 261 g/mol. The van der Waals surface area contributed by atoms with Gasteiger partial charge in [-0.15, -0.1) is 0 Å². The minimum atomic E-state index is 0.000161. The highest BCUT2D eigenvalue weighted by Gasteiger charge is 2.00. The molecule has 0 bridgehead atoms. The van der Waals surface area contributed by atoms with Crippen LogP contribution in [0.2, 0.25) is 0 Å². The normalized spacial score (nSPS) is 10.1. The second-order valence-corrected chi connectivity index (χ2v) is 4.34. The highest BCUT2D eigenvalue weighted by molar-refractivity contribution is 5.93. The Morgan fingerprint density at radius 3 is 2.80 bits per heavy atom. The van der Waals surface area contributed by atoms with Crippen LogP contribution in [0.3, 0.4) is 0 Å². The molecule has 4 heteroatoms. The lowest BCUT2D eigenvalue weighted by Crippen LogP contribution is -1.93. The predicted molar refractivity (Wildman–Crippen MR) is 76.3 cm³/mol. The summed E-state index contributed by atoms with van der Waals surface area (Å²) in [6.07, 6.45) is 5.10. The standard InChI is InChI=1S/C16H11N3O/c1-11(20)13-3-5-14(19-10-13)4-2-12-6-8-17-16-15(12)7-9-18-16/h3,5-10H,1H3,(H,17,18). The van der Waals surface area contributed by atoms with Gasteiger partial charge in [-0.3, -0.25) is 4.79 Å². The molecule has 3 rings (SSSR count). The lowest BCUT2D eigenvalue weighted by molar-refractivity contribution is 0.101. The Kier molecular flexibility index (Phi) is 3.02. The quantitative estimate of drug-likeness (QED) is 0.541. The van der Waals surface area contributed by atoms with E-state index in [9.17, 15) is 4.79 Å². The summed E-state index contributed by atoms with van der Waals surface area (Å²) in [5.41, 5.74) is 2.94. The summed E-state index contributed by atoms with van der Waals surface area (Å²) >= 11 is 0. The molecule has 0 aliphatic rings. The van der Waals surface area contributed by atoms with E-state index in [2.05, 4.69) is 26.8 Å². The first-order chi connectivity index (χ1) is 9.74. The van der Waals surface area contributed by atoms with Crippen LogP contribution in [0, 0.1) is 11.8 Å². The molecule has 4 nitrogen and oxygen atoms in total. The van der Waals surface area contributed by atoms with Gasteiger partial charge in [0.25, 0.3) is 0 Å². The van der Waals surface area contributed by atoms with Crippen LogP contribution in [0.1, 0.15) is 28.5 Å². The third-order valence-electron chi connectivity index (χ3n) is 2.96. The molecule has 3 aromatic rings. The third kappa shape index (κ3) is 2.29. The first-order valence-electron chi connectivity index (χ1n) is 6.15. The zero-order valence-electron chi connectivity index (χ0n) is 10.8. The number of H-pyrrole nitrogens is 1. The number of rotatable bonds is 1. The van der Waals surface area contributed by atoms with Gasteiger partial charge in [0.15, 0.2) is 5.78 Å². The van der Waals surface area contributed by atoms with Crippen LogP contribution in [0.15, 0.2) is 42.9 Å². The van der Waals surface area contributed by atoms with E-state index in [0.29, 0.717) is 11.3 Å². The average Bonchev–Trinajstić information content (AvgIpc) is 2.94. The molecule has 0 spiro atoms. The molecule has 0 saturated heterocycles. The number of nitrogens with zero attached hydrogens (tertiary/aromatic N) is 2. The molecule has 0 unspecified atom stereocenters. The molecule has 0 amide bonds. The summed E-state index contributed by atoms with van der Waals surface area (Å²) in [6.45, 7) is 1.52. The predicted octanol–water partition coefficient (Wildman–Crippen LogP) is 2.56. The Bertz CT molecular complexity index is 835. The van der Waals surface area contributed by atoms with E-state index in [1.807, 2.05) is 18.3 Å². The lowest BCUT2D eigenvalue weighted by Gasteiger charge is -1.95. The Morgan fingerprint density at radius 2 is 2.05 bits per heavy atom. The third-order valence-corrected chi connectivity index (χ3v) is 2.96. The van der Waals surface area contributed by atoms with Crippen molar-refractivity contribution in [1.29, 1.82) is 0 Å². The molecular formula is C16H11N3O. The fraction of sp³-hybridized carbons (Fsp3) is 0.0625. The van der Waals surface area contributed by atoms with Crippen molar-refractivity contribution in [2.75, 3.05) is 0 Å². The van der Waals surface area contributed by atoms with E-state index in [1.165, 1.54) is 6.92 Å². The van der Waals surface area contributed by atoms with Gasteiger partial charge in [0.05, 0.1) is 0 Å². The van der Waals surface area contributed by atoms with Crippen molar-refractivity contribution in [3.8, 4) is 11.8 Å². The number of aromatic nitrogens is 3. The number of Topliss-reactive ketones (excluding diaryl/α,β-unsaturated/α-hetero) is 1. The molecule has 20 heavy (non-hydrogen) atoms. The van der Waals surface area contributed by atoms with Gasteiger partial charge in [-0.05, 0) is 37.1 Å². The fourth-order valence-electron chi connectivity index (χ4n) is 1.88. The molecule has 3 aromatic heterocycles. The zero-order chi connectivity index (χ0) is 13.9. The van der Waals surface area contributed by atoms with Gasteiger partial charge in [-0.25, -0.2) is 9.97 Å². The number of aromatic amines is 1. The maximum atomic E-state index is 11.2. The van der Waals surface area contributed by atoms with Crippen molar-refractivity contribution in [3.63, 3.8) is 0 Å². The molecule has 0 radical (unpaired) electrons. The summed E-state index contributed by atoms with van der Waals surface area (Å²) in [5.74, 6) is 6.08. The van der Waals surface area contributed by atoms with Crippen LogP contribution in [-0.4, -0.2) is 20.7 Å². The fourth-order valence-corrected chi connectivity index (χ4v) is 1.88. The molecule has 0 aliphatic heterocycles. The van der Waals surface area contributed by atoms with Crippen LogP contribution in [0.5, 0.6) is 0 Å². The lowest BCUT2D eigenvalue weighted by atomic mass is 10.1. The van der Waals surface area contributed by atoms with Crippen molar-refractivity contribution in [1.82, 2.24) is 15.0 Å². The van der Waals surface area contributed by atoms with E-state index in [1.54, 1.807) is 24.5 Å². The van der Waals surface area contributed by atoms with Gasteiger partial charge in [0.1, 0.15) is 11.3 Å². The number of ketones is 1. The van der Waals surface area contributed by atoms with Crippen molar-refractivity contribution >= 4 is 16.8 Å². The van der Waals surface area contributed by atoms with Gasteiger partial charge < -0.3 is 4.98 Å². The van der Waals surface area contributed by atoms with Gasteiger partial charge in [-0.2, -0.15) is 0 Å². The summed E-state index contributed by atoms with van der Waals surface area (Å²) in [6, 6.07) is 7.29. The van der Waals surface area contributed by atoms with Crippen molar-refractivity contribution in [2.24, 2.45) is 0 Å². The zero-order valence-corrected chi connectivity index (χ0v) is 10.8. The van der Waals surface area contributed by atoms with Crippen LogP contribution in [0.4, 0.5) is 0 Å². The molecule has 3 heterocycles. The Labute approximate surface area is 115 Å². The topological polar surface area (TPSA) is 58.6 Å². The number of carbonyl (C=O) groups is 1. The number of nitrogens with one attached hydrogen (secondary N) is 1. The summed E-state index contributed by atoms with van der Waals surface area (Å²) in [5, 5.41) is 0.986. The number of hydrogen-bond acceptors (Lipinski definition) is 3. The van der Waals surface area contributed by atoms with E-state index < -0.39 is 0 Å². The van der Waals surface area contributed by atoms with E-state index in [-0.39, 0.29) is 5.78 Å². The summed E-state index contributed by atoms with van der Waals surface area (Å²) < 4.78 is 0. The van der Waals surface area contributed by atoms with Crippen LogP contribution in [-0.2, 0) is 0 Å². The Hall–Kier alpha value is -2.93. The van der Waals surface area contributed by atoms with Crippen LogP contribution >= 0.6 is 0 Å². The second-order valence-electron chi connectivity index (χ2n) is 4.34. The van der Waals surface area contributed by atoms with E-state index >= 15 is 0 Å². The van der Waals surface area contributed by atoms with Crippen molar-refractivity contribution in [2.45, 2.75) is 6.92 Å². The molecule has 1 N–H and O–H groups in total. The molecule has 96 valence electrons. The number of pyridine rings is 2. The maximum Gasteiger partial charge on any atom is 0.161 e. The largest absolute Gasteiger partial charge is 0.346 e. The van der Waals surface area contributed by atoms with Crippen molar-refractivity contribution in [3.05, 3.63) is 59.7 Å². The van der Waals surface area contributed by atoms with Crippen molar-refractivity contribution < 1.29 is 4.79 Å². The second kappa shape index (κ2) is 4.98. The van der Waals surface area contributed by atoms with Gasteiger partial charge >= 0.3 is 0 Å². The summed E-state index contributed by atoms with van der Waals surface area (Å²) in [7, 11) is 0. The molecule has 0 fully saturated rings. The van der Waals surface area contributed by atoms with E-state index in [4.69, 9.17) is 0 Å². The smallest absolute Gasteiger partial charge is 0.161 e. The minimum Gasteiger partial charge on any atom is -0.346 e. The minimum absolute atomic E-state index is 0.000161. The van der Waals surface area contributed by atoms with Gasteiger partial charge in [0.2, 0.25) is 0 Å². The number of carbonyl (C=O) groups excluding carboxylic acids is 1. The van der Waals surface area contributed by atoms with Crippen LogP contribution < -0.4 is 0 Å². The highest BCUT2D eigenvalue weighted by Crippen LogP contribution is 2.13. The highest BCUT2D eigenvalue weighted by atomic mass is 16.1. The first kappa shape index (κ1) is 12.1. The van der Waals surface area contributed by atoms with Gasteiger partial charge in [0, 0.05) is 35.1 Å². The number of hydrogen-bond donors (Lipinski definition) is 1. The van der Waals surface area contributed by atoms with Gasteiger partial charge in [-0.1, -0.05) is 5.92 Å². The molecular weight excluding hydrogens is 250 g/mol. The first-order valence-corrected chi connectivity index (χ1v) is 6.15. The molecule has 0 aliphatic carbocycles. The van der Waals surface area contributed by atoms with E-state index in [0.717, 1.165) is 16.6 Å². The van der Waals surface area contributed by atoms with Crippen LogP contribution in [0.25, 0.3) is 11.0 Å². The Balaban J connectivity index is 1.95.